The highest BCUT2D eigenvalue weighted by Gasteiger charge is 2.22. The third-order valence-corrected chi connectivity index (χ3v) is 3.98. The number of hydrogen-bond acceptors (Lipinski definition) is 3. The molecule has 1 fully saturated rings. The average molecular weight is 310 g/mol. The molecule has 2 amide bonds. The van der Waals surface area contributed by atoms with Crippen molar-refractivity contribution in [1.82, 2.24) is 10.6 Å². The lowest BCUT2D eigenvalue weighted by molar-refractivity contribution is 0.177. The van der Waals surface area contributed by atoms with Gasteiger partial charge in [-0.1, -0.05) is 6.07 Å². The Hall–Kier alpha value is -1.82. The summed E-state index contributed by atoms with van der Waals surface area (Å²) in [5.41, 5.74) is 0.900. The minimum absolute atomic E-state index is 0.210. The molecular formula is C16H23FN2O3. The van der Waals surface area contributed by atoms with Crippen molar-refractivity contribution in [2.24, 2.45) is 5.92 Å². The standard InChI is InChI=1S/C16H23FN2O3/c1-22-15-9-11(3-5-14(15)17)6-7-18-16(21)19-10-12-2-4-13(20)8-12/h3,5,9,12-13,20H,2,4,6-8,10H2,1H3,(H2,18,19,21)/t12-,13+/m0/s1. The average Bonchev–Trinajstić information content (AvgIpc) is 2.92. The van der Waals surface area contributed by atoms with Gasteiger partial charge in [-0.2, -0.15) is 0 Å². The van der Waals surface area contributed by atoms with Crippen molar-refractivity contribution >= 4 is 6.03 Å². The van der Waals surface area contributed by atoms with Gasteiger partial charge in [-0.3, -0.25) is 0 Å². The number of methoxy groups -OCH3 is 1. The van der Waals surface area contributed by atoms with Crippen LogP contribution in [0.25, 0.3) is 0 Å². The van der Waals surface area contributed by atoms with Crippen molar-refractivity contribution in [3.05, 3.63) is 29.6 Å². The predicted octanol–water partition coefficient (Wildman–Crippen LogP) is 1.84. The van der Waals surface area contributed by atoms with Crippen molar-refractivity contribution < 1.29 is 19.0 Å². The number of amides is 2. The molecule has 0 aliphatic heterocycles. The molecule has 0 aromatic heterocycles. The molecule has 0 spiro atoms. The summed E-state index contributed by atoms with van der Waals surface area (Å²) in [4.78, 5) is 11.7. The molecule has 0 unspecified atom stereocenters. The highest BCUT2D eigenvalue weighted by molar-refractivity contribution is 5.73. The molecule has 1 aliphatic carbocycles. The van der Waals surface area contributed by atoms with E-state index in [0.29, 0.717) is 25.4 Å². The van der Waals surface area contributed by atoms with Gasteiger partial charge in [0.15, 0.2) is 11.6 Å². The van der Waals surface area contributed by atoms with Crippen molar-refractivity contribution in [3.63, 3.8) is 0 Å². The fourth-order valence-corrected chi connectivity index (χ4v) is 2.71. The van der Waals surface area contributed by atoms with E-state index in [4.69, 9.17) is 4.74 Å². The van der Waals surface area contributed by atoms with E-state index >= 15 is 0 Å². The van der Waals surface area contributed by atoms with Crippen LogP contribution in [0.15, 0.2) is 18.2 Å². The normalized spacial score (nSPS) is 20.7. The number of rotatable bonds is 6. The van der Waals surface area contributed by atoms with Crippen LogP contribution in [0.1, 0.15) is 24.8 Å². The Labute approximate surface area is 129 Å². The Kier molecular flexibility index (Phi) is 6.00. The molecule has 6 heteroatoms. The van der Waals surface area contributed by atoms with Crippen LogP contribution in [0.4, 0.5) is 9.18 Å². The SMILES string of the molecule is COc1cc(CCNC(=O)NC[C@H]2CC[C@@H](O)C2)ccc1F. The van der Waals surface area contributed by atoms with Crippen LogP contribution in [0.5, 0.6) is 5.75 Å². The summed E-state index contributed by atoms with van der Waals surface area (Å²) in [6.07, 6.45) is 2.92. The van der Waals surface area contributed by atoms with Crippen LogP contribution in [0.3, 0.4) is 0 Å². The minimum Gasteiger partial charge on any atom is -0.494 e. The predicted molar refractivity (Wildman–Crippen MR) is 81.4 cm³/mol. The highest BCUT2D eigenvalue weighted by atomic mass is 19.1. The van der Waals surface area contributed by atoms with Crippen LogP contribution in [-0.2, 0) is 6.42 Å². The number of nitrogens with one attached hydrogen (secondary N) is 2. The maximum atomic E-state index is 13.3. The quantitative estimate of drug-likeness (QED) is 0.751. The smallest absolute Gasteiger partial charge is 0.314 e. The Morgan fingerprint density at radius 1 is 1.41 bits per heavy atom. The van der Waals surface area contributed by atoms with E-state index in [2.05, 4.69) is 10.6 Å². The number of hydrogen-bond donors (Lipinski definition) is 3. The largest absolute Gasteiger partial charge is 0.494 e. The van der Waals surface area contributed by atoms with Gasteiger partial charge in [-0.25, -0.2) is 9.18 Å². The van der Waals surface area contributed by atoms with Crippen LogP contribution in [-0.4, -0.2) is 37.4 Å². The third-order valence-electron chi connectivity index (χ3n) is 3.98. The summed E-state index contributed by atoms with van der Waals surface area (Å²) in [6.45, 7) is 1.06. The lowest BCUT2D eigenvalue weighted by atomic mass is 10.1. The Morgan fingerprint density at radius 3 is 2.91 bits per heavy atom. The third kappa shape index (κ3) is 4.87. The van der Waals surface area contributed by atoms with Gasteiger partial charge in [0.05, 0.1) is 13.2 Å². The molecule has 22 heavy (non-hydrogen) atoms. The summed E-state index contributed by atoms with van der Waals surface area (Å²) in [6, 6.07) is 4.46. The van der Waals surface area contributed by atoms with Gasteiger partial charge >= 0.3 is 6.03 Å². The van der Waals surface area contributed by atoms with E-state index in [9.17, 15) is 14.3 Å². The molecule has 0 saturated heterocycles. The van der Waals surface area contributed by atoms with Gasteiger partial charge in [-0.15, -0.1) is 0 Å². The first-order valence-electron chi connectivity index (χ1n) is 7.60. The molecule has 1 saturated carbocycles. The van der Waals surface area contributed by atoms with Gasteiger partial charge < -0.3 is 20.5 Å². The molecule has 2 rings (SSSR count). The molecule has 1 aromatic carbocycles. The number of halogens is 1. The minimum atomic E-state index is -0.393. The molecule has 5 nitrogen and oxygen atoms in total. The lowest BCUT2D eigenvalue weighted by Crippen LogP contribution is -2.38. The Morgan fingerprint density at radius 2 is 2.23 bits per heavy atom. The molecule has 3 N–H and O–H groups in total. The van der Waals surface area contributed by atoms with Gasteiger partial charge in [0.2, 0.25) is 0 Å². The number of aliphatic hydroxyl groups is 1. The molecule has 122 valence electrons. The zero-order valence-corrected chi connectivity index (χ0v) is 12.8. The fraction of sp³-hybridized carbons (Fsp3) is 0.562. The van der Waals surface area contributed by atoms with Gasteiger partial charge in [0.25, 0.3) is 0 Å². The van der Waals surface area contributed by atoms with E-state index in [1.165, 1.54) is 13.2 Å². The van der Waals surface area contributed by atoms with Crippen LogP contribution < -0.4 is 15.4 Å². The molecule has 0 heterocycles. The fourth-order valence-electron chi connectivity index (χ4n) is 2.71. The molecular weight excluding hydrogens is 287 g/mol. The summed E-state index contributed by atoms with van der Waals surface area (Å²) >= 11 is 0. The van der Waals surface area contributed by atoms with Gasteiger partial charge in [-0.05, 0) is 49.3 Å². The van der Waals surface area contributed by atoms with Crippen molar-refractivity contribution in [2.75, 3.05) is 20.2 Å². The maximum absolute atomic E-state index is 13.3. The number of carbonyl (C=O) groups excluding carboxylic acids is 1. The zero-order valence-electron chi connectivity index (χ0n) is 12.8. The van der Waals surface area contributed by atoms with Gasteiger partial charge in [0, 0.05) is 13.1 Å². The topological polar surface area (TPSA) is 70.6 Å². The van der Waals surface area contributed by atoms with E-state index in [0.717, 1.165) is 24.8 Å². The molecule has 0 bridgehead atoms. The second kappa shape index (κ2) is 7.98. The van der Waals surface area contributed by atoms with Crippen LogP contribution >= 0.6 is 0 Å². The first kappa shape index (κ1) is 16.5. The van der Waals surface area contributed by atoms with Crippen molar-refractivity contribution in [3.8, 4) is 5.75 Å². The lowest BCUT2D eigenvalue weighted by Gasteiger charge is -2.12. The van der Waals surface area contributed by atoms with Crippen LogP contribution in [0, 0.1) is 11.7 Å². The van der Waals surface area contributed by atoms with Crippen molar-refractivity contribution in [2.45, 2.75) is 31.8 Å². The van der Waals surface area contributed by atoms with Gasteiger partial charge in [0.1, 0.15) is 0 Å². The molecule has 1 aromatic rings. The maximum Gasteiger partial charge on any atom is 0.314 e. The van der Waals surface area contributed by atoms with E-state index in [1.54, 1.807) is 12.1 Å². The molecule has 2 atom stereocenters. The number of aliphatic hydroxyl groups excluding tert-OH is 1. The number of carbonyl (C=O) groups is 1. The van der Waals surface area contributed by atoms with Crippen LogP contribution in [0.2, 0.25) is 0 Å². The monoisotopic (exact) mass is 310 g/mol. The highest BCUT2D eigenvalue weighted by Crippen LogP contribution is 2.24. The second-order valence-electron chi connectivity index (χ2n) is 5.69. The molecule has 1 aliphatic rings. The Bertz CT molecular complexity index is 510. The second-order valence-corrected chi connectivity index (χ2v) is 5.69. The number of urea groups is 1. The summed E-state index contributed by atoms with van der Waals surface area (Å²) < 4.78 is 18.2. The summed E-state index contributed by atoms with van der Waals surface area (Å²) in [5, 5.41) is 15.0. The van der Waals surface area contributed by atoms with E-state index < -0.39 is 5.82 Å². The van der Waals surface area contributed by atoms with Crippen molar-refractivity contribution in [1.29, 1.82) is 0 Å². The van der Waals surface area contributed by atoms with E-state index in [-0.39, 0.29) is 17.9 Å². The molecule has 0 radical (unpaired) electrons. The number of ether oxygens (including phenoxy) is 1. The summed E-state index contributed by atoms with van der Waals surface area (Å²) in [5.74, 6) is 0.180. The first-order chi connectivity index (χ1) is 10.6. The Balaban J connectivity index is 1.66. The van der Waals surface area contributed by atoms with E-state index in [1.807, 2.05) is 0 Å². The first-order valence-corrected chi connectivity index (χ1v) is 7.60. The zero-order chi connectivity index (χ0) is 15.9. The number of benzene rings is 1. The summed E-state index contributed by atoms with van der Waals surface area (Å²) in [7, 11) is 1.42.